The summed E-state index contributed by atoms with van der Waals surface area (Å²) >= 11 is 0. The van der Waals surface area contributed by atoms with Gasteiger partial charge in [0.15, 0.2) is 0 Å². The van der Waals surface area contributed by atoms with Crippen LogP contribution in [-0.4, -0.2) is 5.11 Å². The van der Waals surface area contributed by atoms with Crippen LogP contribution < -0.4 is 0 Å². The SMILES string of the molecule is CC1(C)[C@@H]2CC[C@]1(C)[C@H](c1ccc(O)cc1)C2. The summed E-state index contributed by atoms with van der Waals surface area (Å²) in [6.45, 7) is 7.37. The zero-order chi connectivity index (χ0) is 12.3. The largest absolute Gasteiger partial charge is 0.508 e. The summed E-state index contributed by atoms with van der Waals surface area (Å²) in [7, 11) is 0. The Hall–Kier alpha value is -0.980. The second kappa shape index (κ2) is 3.28. The van der Waals surface area contributed by atoms with Crippen LogP contribution in [0.15, 0.2) is 24.3 Å². The first-order chi connectivity index (χ1) is 7.95. The van der Waals surface area contributed by atoms with Gasteiger partial charge in [-0.15, -0.1) is 0 Å². The molecule has 2 aliphatic carbocycles. The van der Waals surface area contributed by atoms with Crippen molar-refractivity contribution in [3.63, 3.8) is 0 Å². The Morgan fingerprint density at radius 2 is 1.76 bits per heavy atom. The highest BCUT2D eigenvalue weighted by Crippen LogP contribution is 2.70. The molecule has 92 valence electrons. The molecule has 0 saturated heterocycles. The van der Waals surface area contributed by atoms with Gasteiger partial charge >= 0.3 is 0 Å². The van der Waals surface area contributed by atoms with Gasteiger partial charge in [0.1, 0.15) is 5.75 Å². The number of benzene rings is 1. The molecule has 0 aromatic heterocycles. The number of hydrogen-bond donors (Lipinski definition) is 1. The molecule has 3 rings (SSSR count). The van der Waals surface area contributed by atoms with Crippen molar-refractivity contribution in [3.8, 4) is 5.75 Å². The third-order valence-corrected chi connectivity index (χ3v) is 6.09. The molecule has 1 aromatic rings. The van der Waals surface area contributed by atoms with Crippen LogP contribution in [-0.2, 0) is 0 Å². The Morgan fingerprint density at radius 1 is 1.12 bits per heavy atom. The molecule has 0 aliphatic heterocycles. The van der Waals surface area contributed by atoms with Gasteiger partial charge in [0.2, 0.25) is 0 Å². The maximum Gasteiger partial charge on any atom is 0.115 e. The summed E-state index contributed by atoms with van der Waals surface area (Å²) in [6, 6.07) is 7.89. The van der Waals surface area contributed by atoms with Crippen LogP contribution in [0.2, 0.25) is 0 Å². The van der Waals surface area contributed by atoms with Crippen molar-refractivity contribution in [3.05, 3.63) is 29.8 Å². The third kappa shape index (κ3) is 1.31. The lowest BCUT2D eigenvalue weighted by molar-refractivity contribution is 0.134. The van der Waals surface area contributed by atoms with E-state index in [1.165, 1.54) is 24.8 Å². The molecule has 0 amide bonds. The van der Waals surface area contributed by atoms with Gasteiger partial charge in [-0.1, -0.05) is 32.9 Å². The highest BCUT2D eigenvalue weighted by Gasteiger charge is 2.61. The summed E-state index contributed by atoms with van der Waals surface area (Å²) in [5.41, 5.74) is 2.32. The summed E-state index contributed by atoms with van der Waals surface area (Å²) < 4.78 is 0. The molecule has 0 heterocycles. The molecule has 1 aromatic carbocycles. The first-order valence-electron chi connectivity index (χ1n) is 6.74. The van der Waals surface area contributed by atoms with Crippen LogP contribution in [0.4, 0.5) is 0 Å². The molecule has 17 heavy (non-hydrogen) atoms. The molecule has 2 fully saturated rings. The molecular weight excluding hydrogens is 208 g/mol. The summed E-state index contributed by atoms with van der Waals surface area (Å²) in [5.74, 6) is 1.93. The van der Waals surface area contributed by atoms with Crippen LogP contribution in [0.25, 0.3) is 0 Å². The summed E-state index contributed by atoms with van der Waals surface area (Å²) in [5, 5.41) is 9.40. The van der Waals surface area contributed by atoms with Crippen LogP contribution >= 0.6 is 0 Å². The van der Waals surface area contributed by atoms with Gasteiger partial charge in [0.25, 0.3) is 0 Å². The molecule has 0 unspecified atom stereocenters. The second-order valence-corrected chi connectivity index (χ2v) is 6.75. The van der Waals surface area contributed by atoms with Crippen molar-refractivity contribution in [1.82, 2.24) is 0 Å². The van der Waals surface area contributed by atoms with Gasteiger partial charge in [-0.25, -0.2) is 0 Å². The Kier molecular flexibility index (Phi) is 2.14. The second-order valence-electron chi connectivity index (χ2n) is 6.75. The maximum atomic E-state index is 9.40. The van der Waals surface area contributed by atoms with Crippen molar-refractivity contribution in [2.24, 2.45) is 16.7 Å². The predicted molar refractivity (Wildman–Crippen MR) is 70.1 cm³/mol. The van der Waals surface area contributed by atoms with E-state index in [9.17, 15) is 5.11 Å². The van der Waals surface area contributed by atoms with E-state index in [2.05, 4.69) is 32.9 Å². The Labute approximate surface area is 104 Å². The van der Waals surface area contributed by atoms with E-state index in [-0.39, 0.29) is 0 Å². The highest BCUT2D eigenvalue weighted by molar-refractivity contribution is 5.32. The standard InChI is InChI=1S/C16H22O/c1-15(2)12-8-9-16(15,3)14(10-12)11-4-6-13(17)7-5-11/h4-7,12,14,17H,8-10H2,1-3H3/t12-,14+,16-/m1/s1. The first kappa shape index (κ1) is 11.1. The molecule has 1 heteroatoms. The van der Waals surface area contributed by atoms with E-state index in [4.69, 9.17) is 0 Å². The zero-order valence-electron chi connectivity index (χ0n) is 11.0. The number of phenolic OH excluding ortho intramolecular Hbond substituents is 1. The van der Waals surface area contributed by atoms with Gasteiger partial charge in [-0.3, -0.25) is 0 Å². The fourth-order valence-corrected chi connectivity index (χ4v) is 4.41. The Bertz CT molecular complexity index is 431. The quantitative estimate of drug-likeness (QED) is 0.761. The average Bonchev–Trinajstić information content (AvgIpc) is 2.62. The number of rotatable bonds is 1. The third-order valence-electron chi connectivity index (χ3n) is 6.09. The Morgan fingerprint density at radius 3 is 2.24 bits per heavy atom. The zero-order valence-corrected chi connectivity index (χ0v) is 11.0. The monoisotopic (exact) mass is 230 g/mol. The predicted octanol–water partition coefficient (Wildman–Crippen LogP) is 4.32. The fraction of sp³-hybridized carbons (Fsp3) is 0.625. The molecule has 1 N–H and O–H groups in total. The van der Waals surface area contributed by atoms with Crippen molar-refractivity contribution >= 4 is 0 Å². The molecule has 2 aliphatic rings. The molecule has 0 radical (unpaired) electrons. The first-order valence-corrected chi connectivity index (χ1v) is 6.74. The minimum Gasteiger partial charge on any atom is -0.508 e. The molecule has 3 atom stereocenters. The Balaban J connectivity index is 1.99. The van der Waals surface area contributed by atoms with Crippen LogP contribution in [0.5, 0.6) is 5.75 Å². The number of phenols is 1. The highest BCUT2D eigenvalue weighted by atomic mass is 16.3. The minimum atomic E-state index is 0.376. The topological polar surface area (TPSA) is 20.2 Å². The van der Waals surface area contributed by atoms with Gasteiger partial charge in [0.05, 0.1) is 0 Å². The lowest BCUT2D eigenvalue weighted by Gasteiger charge is -2.39. The number of hydrogen-bond acceptors (Lipinski definition) is 1. The van der Waals surface area contributed by atoms with E-state index >= 15 is 0 Å². The van der Waals surface area contributed by atoms with Crippen LogP contribution in [0.1, 0.15) is 51.5 Å². The minimum absolute atomic E-state index is 0.376. The molecular formula is C16H22O. The average molecular weight is 230 g/mol. The van der Waals surface area contributed by atoms with E-state index < -0.39 is 0 Å². The number of aromatic hydroxyl groups is 1. The van der Waals surface area contributed by atoms with Crippen molar-refractivity contribution in [2.45, 2.75) is 46.0 Å². The fourth-order valence-electron chi connectivity index (χ4n) is 4.41. The molecule has 1 nitrogen and oxygen atoms in total. The summed E-state index contributed by atoms with van der Waals surface area (Å²) in [4.78, 5) is 0. The van der Waals surface area contributed by atoms with E-state index in [0.717, 1.165) is 5.92 Å². The van der Waals surface area contributed by atoms with E-state index in [1.807, 2.05) is 12.1 Å². The van der Waals surface area contributed by atoms with E-state index in [0.29, 0.717) is 22.5 Å². The molecule has 2 saturated carbocycles. The maximum absolute atomic E-state index is 9.40. The lowest BCUT2D eigenvalue weighted by Crippen LogP contribution is -2.31. The molecule has 2 bridgehead atoms. The van der Waals surface area contributed by atoms with E-state index in [1.54, 1.807) is 0 Å². The van der Waals surface area contributed by atoms with Gasteiger partial charge < -0.3 is 5.11 Å². The smallest absolute Gasteiger partial charge is 0.115 e. The summed E-state index contributed by atoms with van der Waals surface area (Å²) in [6.07, 6.45) is 4.09. The van der Waals surface area contributed by atoms with Gasteiger partial charge in [-0.05, 0) is 59.6 Å². The number of fused-ring (bicyclic) bond motifs is 2. The van der Waals surface area contributed by atoms with Gasteiger partial charge in [-0.2, -0.15) is 0 Å². The van der Waals surface area contributed by atoms with Gasteiger partial charge in [0, 0.05) is 0 Å². The van der Waals surface area contributed by atoms with Crippen molar-refractivity contribution in [2.75, 3.05) is 0 Å². The van der Waals surface area contributed by atoms with Crippen molar-refractivity contribution < 1.29 is 5.11 Å². The molecule has 0 spiro atoms. The van der Waals surface area contributed by atoms with Crippen LogP contribution in [0.3, 0.4) is 0 Å². The van der Waals surface area contributed by atoms with Crippen LogP contribution in [0, 0.1) is 16.7 Å². The normalized spacial score (nSPS) is 38.5. The van der Waals surface area contributed by atoms with Crippen molar-refractivity contribution in [1.29, 1.82) is 0 Å². The lowest BCUT2D eigenvalue weighted by atomic mass is 9.65.